The van der Waals surface area contributed by atoms with Gasteiger partial charge >= 0.3 is 0 Å². The molecule has 0 bridgehead atoms. The Morgan fingerprint density at radius 1 is 1.17 bits per heavy atom. The van der Waals surface area contributed by atoms with Gasteiger partial charge in [-0.1, -0.05) is 61.9 Å². The third kappa shape index (κ3) is 3.18. The average molecular weight is 322 g/mol. The highest BCUT2D eigenvalue weighted by Crippen LogP contribution is 2.44. The lowest BCUT2D eigenvalue weighted by atomic mass is 9.98. The zero-order chi connectivity index (χ0) is 16.9. The van der Waals surface area contributed by atoms with Gasteiger partial charge < -0.3 is 14.6 Å². The minimum absolute atomic E-state index is 0.0115. The number of nitrogens with zero attached hydrogens (tertiary/aromatic N) is 1. The van der Waals surface area contributed by atoms with Crippen LogP contribution in [0.25, 0.3) is 11.1 Å². The van der Waals surface area contributed by atoms with Gasteiger partial charge in [0.1, 0.15) is 18.4 Å². The van der Waals surface area contributed by atoms with Gasteiger partial charge in [0.2, 0.25) is 0 Å². The fraction of sp³-hybridized carbons (Fsp3) is 0.300. The number of carbonyl (C=O) groups excluding carboxylic acids is 1. The SMILES string of the molecule is CCCC(C=O)N=C([O-])OCC1c2ccccc2-c2ccccc21. The number of aliphatic imine (C=N–C) groups is 1. The lowest BCUT2D eigenvalue weighted by Gasteiger charge is -2.21. The summed E-state index contributed by atoms with van der Waals surface area (Å²) < 4.78 is 5.35. The summed E-state index contributed by atoms with van der Waals surface area (Å²) >= 11 is 0. The number of aldehydes is 1. The zero-order valence-corrected chi connectivity index (χ0v) is 13.6. The van der Waals surface area contributed by atoms with E-state index in [9.17, 15) is 9.90 Å². The molecule has 0 saturated heterocycles. The normalized spacial score (nSPS) is 14.8. The van der Waals surface area contributed by atoms with E-state index in [1.165, 1.54) is 11.1 Å². The average Bonchev–Trinajstić information content (AvgIpc) is 2.93. The second-order valence-corrected chi connectivity index (χ2v) is 5.93. The first-order chi connectivity index (χ1) is 11.7. The van der Waals surface area contributed by atoms with Gasteiger partial charge in [0.05, 0.1) is 0 Å². The molecule has 0 aliphatic heterocycles. The molecule has 24 heavy (non-hydrogen) atoms. The Hall–Kier alpha value is -2.62. The van der Waals surface area contributed by atoms with Gasteiger partial charge in [-0.25, -0.2) is 0 Å². The number of carbonyl (C=O) groups is 1. The maximum absolute atomic E-state index is 11.9. The van der Waals surface area contributed by atoms with Crippen molar-refractivity contribution in [1.82, 2.24) is 0 Å². The van der Waals surface area contributed by atoms with E-state index in [2.05, 4.69) is 29.3 Å². The highest BCUT2D eigenvalue weighted by molar-refractivity contribution is 5.79. The van der Waals surface area contributed by atoms with Crippen LogP contribution in [0.2, 0.25) is 0 Å². The second kappa shape index (κ2) is 7.30. The molecular formula is C20H20NO3-. The first-order valence-electron chi connectivity index (χ1n) is 8.25. The third-order valence-corrected chi connectivity index (χ3v) is 4.35. The molecule has 0 radical (unpaired) electrons. The quantitative estimate of drug-likeness (QED) is 0.467. The summed E-state index contributed by atoms with van der Waals surface area (Å²) in [6.45, 7) is 2.18. The number of hydrogen-bond donors (Lipinski definition) is 0. The molecule has 2 aromatic carbocycles. The van der Waals surface area contributed by atoms with Crippen LogP contribution in [0.1, 0.15) is 36.8 Å². The molecule has 0 aromatic heterocycles. The summed E-state index contributed by atoms with van der Waals surface area (Å²) in [5.41, 5.74) is 4.68. The van der Waals surface area contributed by atoms with Crippen molar-refractivity contribution in [2.24, 2.45) is 4.99 Å². The number of rotatable bonds is 6. The lowest BCUT2D eigenvalue weighted by molar-refractivity contribution is -0.251. The van der Waals surface area contributed by atoms with Crippen molar-refractivity contribution in [2.75, 3.05) is 6.61 Å². The number of benzene rings is 2. The van der Waals surface area contributed by atoms with Crippen molar-refractivity contribution in [3.8, 4) is 11.1 Å². The van der Waals surface area contributed by atoms with Crippen LogP contribution < -0.4 is 5.11 Å². The van der Waals surface area contributed by atoms with E-state index in [1.807, 2.05) is 31.2 Å². The van der Waals surface area contributed by atoms with Crippen LogP contribution in [0, 0.1) is 0 Å². The van der Waals surface area contributed by atoms with Gasteiger partial charge in [-0.3, -0.25) is 4.99 Å². The largest absolute Gasteiger partial charge is 0.599 e. The van der Waals surface area contributed by atoms with Gasteiger partial charge in [-0.15, -0.1) is 0 Å². The van der Waals surface area contributed by atoms with Crippen LogP contribution in [0.5, 0.6) is 0 Å². The van der Waals surface area contributed by atoms with Crippen LogP contribution in [0.15, 0.2) is 53.5 Å². The summed E-state index contributed by atoms with van der Waals surface area (Å²) in [4.78, 5) is 14.7. The van der Waals surface area contributed by atoms with E-state index in [-0.39, 0.29) is 12.5 Å². The predicted octanol–water partition coefficient (Wildman–Crippen LogP) is 2.90. The van der Waals surface area contributed by atoms with Crippen LogP contribution in [-0.4, -0.2) is 25.0 Å². The summed E-state index contributed by atoms with van der Waals surface area (Å²) in [6.07, 6.45) is 1.39. The molecule has 124 valence electrons. The zero-order valence-electron chi connectivity index (χ0n) is 13.6. The molecule has 0 N–H and O–H groups in total. The number of ether oxygens (including phenoxy) is 1. The smallest absolute Gasteiger partial charge is 0.146 e. The van der Waals surface area contributed by atoms with Crippen molar-refractivity contribution in [3.63, 3.8) is 0 Å². The van der Waals surface area contributed by atoms with E-state index in [0.717, 1.165) is 17.5 Å². The van der Waals surface area contributed by atoms with E-state index < -0.39 is 12.1 Å². The van der Waals surface area contributed by atoms with Crippen molar-refractivity contribution in [2.45, 2.75) is 31.7 Å². The second-order valence-electron chi connectivity index (χ2n) is 5.93. The summed E-state index contributed by atoms with van der Waals surface area (Å²) in [6, 6.07) is 15.7. The van der Waals surface area contributed by atoms with Crippen molar-refractivity contribution in [3.05, 3.63) is 59.7 Å². The third-order valence-electron chi connectivity index (χ3n) is 4.35. The molecule has 1 unspecified atom stereocenters. The highest BCUT2D eigenvalue weighted by Gasteiger charge is 2.26. The minimum atomic E-state index is -0.664. The van der Waals surface area contributed by atoms with E-state index in [4.69, 9.17) is 4.74 Å². The Kier molecular flexibility index (Phi) is 4.94. The molecular weight excluding hydrogens is 302 g/mol. The van der Waals surface area contributed by atoms with E-state index >= 15 is 0 Å². The molecule has 0 heterocycles. The van der Waals surface area contributed by atoms with Gasteiger partial charge in [-0.05, 0) is 28.7 Å². The maximum atomic E-state index is 11.9. The number of hydrogen-bond acceptors (Lipinski definition) is 4. The molecule has 1 aliphatic carbocycles. The fourth-order valence-corrected chi connectivity index (χ4v) is 3.23. The van der Waals surface area contributed by atoms with E-state index in [0.29, 0.717) is 12.7 Å². The Bertz CT molecular complexity index is 709. The molecule has 4 nitrogen and oxygen atoms in total. The molecule has 0 amide bonds. The Labute approximate surface area is 141 Å². The molecule has 3 rings (SSSR count). The summed E-state index contributed by atoms with van der Waals surface area (Å²) in [7, 11) is 0. The molecule has 1 atom stereocenters. The monoisotopic (exact) mass is 322 g/mol. The number of fused-ring (bicyclic) bond motifs is 3. The lowest BCUT2D eigenvalue weighted by Crippen LogP contribution is -2.26. The maximum Gasteiger partial charge on any atom is 0.146 e. The van der Waals surface area contributed by atoms with Crippen molar-refractivity contribution < 1.29 is 14.6 Å². The Balaban J connectivity index is 1.78. The van der Waals surface area contributed by atoms with Crippen LogP contribution in [0.3, 0.4) is 0 Å². The molecule has 1 aliphatic rings. The molecule has 4 heteroatoms. The Morgan fingerprint density at radius 2 is 1.75 bits per heavy atom. The molecule has 0 saturated carbocycles. The standard InChI is InChI=1S/C20H21NO3/c1-2-7-14(12-22)21-20(23)24-13-19-17-10-5-3-8-15(17)16-9-4-6-11-18(16)19/h3-6,8-12,14,19H,2,7,13H2,1H3,(H,21,23)/p-1. The van der Waals surface area contributed by atoms with Crippen LogP contribution >= 0.6 is 0 Å². The van der Waals surface area contributed by atoms with Gasteiger partial charge in [0.25, 0.3) is 0 Å². The molecule has 0 fully saturated rings. The fourth-order valence-electron chi connectivity index (χ4n) is 3.23. The summed E-state index contributed by atoms with van der Waals surface area (Å²) in [5, 5.41) is 11.9. The summed E-state index contributed by atoms with van der Waals surface area (Å²) in [5.74, 6) is 0.0115. The first kappa shape index (κ1) is 16.2. The predicted molar refractivity (Wildman–Crippen MR) is 91.9 cm³/mol. The van der Waals surface area contributed by atoms with Gasteiger partial charge in [0.15, 0.2) is 0 Å². The van der Waals surface area contributed by atoms with Gasteiger partial charge in [-0.2, -0.15) is 0 Å². The molecule has 2 aromatic rings. The Morgan fingerprint density at radius 3 is 2.29 bits per heavy atom. The highest BCUT2D eigenvalue weighted by atomic mass is 16.6. The van der Waals surface area contributed by atoms with E-state index in [1.54, 1.807) is 0 Å². The van der Waals surface area contributed by atoms with Crippen LogP contribution in [-0.2, 0) is 9.53 Å². The minimum Gasteiger partial charge on any atom is -0.599 e. The van der Waals surface area contributed by atoms with Crippen LogP contribution in [0.4, 0.5) is 0 Å². The van der Waals surface area contributed by atoms with Crippen molar-refractivity contribution in [1.29, 1.82) is 0 Å². The first-order valence-corrected chi connectivity index (χ1v) is 8.25. The van der Waals surface area contributed by atoms with Crippen molar-refractivity contribution >= 4 is 12.4 Å². The topological polar surface area (TPSA) is 61.7 Å². The molecule has 0 spiro atoms. The van der Waals surface area contributed by atoms with Gasteiger partial charge in [0, 0.05) is 12.5 Å².